The van der Waals surface area contributed by atoms with Crippen molar-refractivity contribution in [2.24, 2.45) is 0 Å². The lowest BCUT2D eigenvalue weighted by Crippen LogP contribution is -3.13. The van der Waals surface area contributed by atoms with Crippen LogP contribution >= 0.6 is 0 Å². The standard InChI is InChI=1S/C23H25N3O/c1-2-7-20(8-3-1)19-27-22-10-6-9-21(17-22)18-25-13-15-26(16-14-25)23-11-4-5-12-24-23/h1-12,17H,13-16,18-19H2/p+2. The Labute approximate surface area is 161 Å². The molecule has 0 amide bonds. The normalized spacial score (nSPS) is 14.9. The summed E-state index contributed by atoms with van der Waals surface area (Å²) < 4.78 is 5.98. The van der Waals surface area contributed by atoms with Crippen molar-refractivity contribution < 1.29 is 14.6 Å². The first-order chi connectivity index (χ1) is 13.4. The Morgan fingerprint density at radius 2 is 1.63 bits per heavy atom. The van der Waals surface area contributed by atoms with Crippen LogP contribution in [0, 0.1) is 0 Å². The zero-order valence-corrected chi connectivity index (χ0v) is 15.6. The second-order valence-corrected chi connectivity index (χ2v) is 7.08. The molecule has 0 aliphatic carbocycles. The summed E-state index contributed by atoms with van der Waals surface area (Å²) in [5.74, 6) is 2.17. The van der Waals surface area contributed by atoms with Crippen LogP contribution in [0.3, 0.4) is 0 Å². The van der Waals surface area contributed by atoms with Crippen molar-refractivity contribution in [3.05, 3.63) is 90.1 Å². The number of pyridine rings is 1. The molecule has 0 spiro atoms. The van der Waals surface area contributed by atoms with E-state index >= 15 is 0 Å². The molecule has 0 bridgehead atoms. The maximum absolute atomic E-state index is 5.98. The van der Waals surface area contributed by atoms with Crippen LogP contribution < -0.4 is 19.5 Å². The van der Waals surface area contributed by atoms with Crippen LogP contribution in [0.2, 0.25) is 0 Å². The predicted molar refractivity (Wildman–Crippen MR) is 107 cm³/mol. The van der Waals surface area contributed by atoms with E-state index in [-0.39, 0.29) is 0 Å². The molecule has 0 radical (unpaired) electrons. The number of rotatable bonds is 6. The largest absolute Gasteiger partial charge is 0.489 e. The first-order valence-electron chi connectivity index (χ1n) is 9.68. The average molecular weight is 361 g/mol. The number of H-pyrrole nitrogens is 1. The molecule has 1 aromatic heterocycles. The van der Waals surface area contributed by atoms with E-state index in [1.54, 1.807) is 4.90 Å². The molecule has 27 heavy (non-hydrogen) atoms. The van der Waals surface area contributed by atoms with Gasteiger partial charge in [-0.3, -0.25) is 4.90 Å². The van der Waals surface area contributed by atoms with Crippen LogP contribution in [0.25, 0.3) is 0 Å². The van der Waals surface area contributed by atoms with Gasteiger partial charge in [-0.25, -0.2) is 4.98 Å². The van der Waals surface area contributed by atoms with E-state index < -0.39 is 0 Å². The Morgan fingerprint density at radius 3 is 2.41 bits per heavy atom. The highest BCUT2D eigenvalue weighted by atomic mass is 16.5. The summed E-state index contributed by atoms with van der Waals surface area (Å²) in [4.78, 5) is 7.40. The van der Waals surface area contributed by atoms with Gasteiger partial charge in [0.2, 0.25) is 0 Å². The van der Waals surface area contributed by atoms with Gasteiger partial charge in [-0.1, -0.05) is 48.5 Å². The number of aromatic nitrogens is 1. The second kappa shape index (κ2) is 8.69. The molecular weight excluding hydrogens is 334 g/mol. The zero-order chi connectivity index (χ0) is 18.3. The number of benzene rings is 2. The minimum absolute atomic E-state index is 0.614. The summed E-state index contributed by atoms with van der Waals surface area (Å²) in [6.07, 6.45) is 2.00. The minimum atomic E-state index is 0.614. The van der Waals surface area contributed by atoms with Crippen molar-refractivity contribution in [1.82, 2.24) is 0 Å². The van der Waals surface area contributed by atoms with E-state index in [0.717, 1.165) is 38.5 Å². The zero-order valence-electron chi connectivity index (χ0n) is 15.6. The van der Waals surface area contributed by atoms with E-state index in [9.17, 15) is 0 Å². The third kappa shape index (κ3) is 4.86. The van der Waals surface area contributed by atoms with Crippen LogP contribution in [0.4, 0.5) is 5.82 Å². The number of hydrogen-bond donors (Lipinski definition) is 1. The third-order valence-corrected chi connectivity index (χ3v) is 5.10. The molecule has 138 valence electrons. The number of nitrogens with one attached hydrogen (secondary N) is 2. The van der Waals surface area contributed by atoms with Crippen molar-refractivity contribution in [1.29, 1.82) is 0 Å². The Hall–Kier alpha value is -2.85. The highest BCUT2D eigenvalue weighted by Crippen LogP contribution is 2.15. The van der Waals surface area contributed by atoms with Gasteiger partial charge in [0.15, 0.2) is 0 Å². The Morgan fingerprint density at radius 1 is 0.852 bits per heavy atom. The number of piperazine rings is 1. The molecule has 0 atom stereocenters. The van der Waals surface area contributed by atoms with Crippen LogP contribution in [0.5, 0.6) is 5.75 Å². The SMILES string of the molecule is c1ccc(COc2cccc(C[NH+]3CCN(c4cccc[nH+]4)CC3)c2)cc1. The number of ether oxygens (including phenoxy) is 1. The van der Waals surface area contributed by atoms with Crippen LogP contribution in [-0.2, 0) is 13.2 Å². The maximum atomic E-state index is 5.98. The van der Waals surface area contributed by atoms with Gasteiger partial charge in [-0.15, -0.1) is 0 Å². The summed E-state index contributed by atoms with van der Waals surface area (Å²) in [6.45, 7) is 6.13. The van der Waals surface area contributed by atoms with Gasteiger partial charge in [0, 0.05) is 11.6 Å². The fourth-order valence-electron chi connectivity index (χ4n) is 3.60. The van der Waals surface area contributed by atoms with E-state index in [1.165, 1.54) is 16.9 Å². The van der Waals surface area contributed by atoms with Crippen molar-refractivity contribution in [2.45, 2.75) is 13.2 Å². The molecule has 4 nitrogen and oxygen atoms in total. The van der Waals surface area contributed by atoms with Gasteiger partial charge >= 0.3 is 0 Å². The predicted octanol–water partition coefficient (Wildman–Crippen LogP) is 1.98. The number of aromatic amines is 1. The molecular formula is C23H27N3O+2. The quantitative estimate of drug-likeness (QED) is 0.728. The van der Waals surface area contributed by atoms with Crippen molar-refractivity contribution in [2.75, 3.05) is 31.1 Å². The monoisotopic (exact) mass is 361 g/mol. The number of nitrogens with zero attached hydrogens (tertiary/aromatic N) is 1. The van der Waals surface area contributed by atoms with Crippen molar-refractivity contribution >= 4 is 5.82 Å². The topological polar surface area (TPSA) is 31.1 Å². The summed E-state index contributed by atoms with van der Waals surface area (Å²) in [5.41, 5.74) is 2.54. The average Bonchev–Trinajstić information content (AvgIpc) is 2.75. The Balaban J connectivity index is 1.30. The Kier molecular flexibility index (Phi) is 5.65. The first kappa shape index (κ1) is 17.6. The molecule has 0 unspecified atom stereocenters. The van der Waals surface area contributed by atoms with E-state index in [1.807, 2.05) is 36.5 Å². The summed E-state index contributed by atoms with van der Waals surface area (Å²) >= 11 is 0. The number of anilines is 1. The fraction of sp³-hybridized carbons (Fsp3) is 0.261. The van der Waals surface area contributed by atoms with E-state index in [0.29, 0.717) is 6.61 Å². The van der Waals surface area contributed by atoms with Crippen LogP contribution in [0.1, 0.15) is 11.1 Å². The Bertz CT molecular complexity index is 831. The van der Waals surface area contributed by atoms with Gasteiger partial charge in [-0.05, 0) is 23.8 Å². The summed E-state index contributed by atoms with van der Waals surface area (Å²) in [5, 5.41) is 0. The molecule has 4 rings (SSSR count). The molecule has 2 N–H and O–H groups in total. The van der Waals surface area contributed by atoms with E-state index in [2.05, 4.69) is 52.3 Å². The highest BCUT2D eigenvalue weighted by molar-refractivity contribution is 5.32. The lowest BCUT2D eigenvalue weighted by molar-refractivity contribution is -0.914. The fourth-order valence-corrected chi connectivity index (χ4v) is 3.60. The van der Waals surface area contributed by atoms with Crippen LogP contribution in [0.15, 0.2) is 79.0 Å². The molecule has 1 aliphatic heterocycles. The van der Waals surface area contributed by atoms with Crippen LogP contribution in [-0.4, -0.2) is 26.2 Å². The number of quaternary nitrogens is 1. The number of hydrogen-bond acceptors (Lipinski definition) is 2. The maximum Gasteiger partial charge on any atom is 0.274 e. The lowest BCUT2D eigenvalue weighted by Gasteiger charge is -2.28. The van der Waals surface area contributed by atoms with Gasteiger partial charge in [0.25, 0.3) is 5.82 Å². The summed E-state index contributed by atoms with van der Waals surface area (Å²) in [6, 6.07) is 25.1. The molecule has 2 aromatic carbocycles. The lowest BCUT2D eigenvalue weighted by atomic mass is 10.2. The van der Waals surface area contributed by atoms with Crippen molar-refractivity contribution in [3.8, 4) is 5.75 Å². The molecule has 1 aliphatic rings. The summed E-state index contributed by atoms with van der Waals surface area (Å²) in [7, 11) is 0. The highest BCUT2D eigenvalue weighted by Gasteiger charge is 2.25. The molecule has 2 heterocycles. The van der Waals surface area contributed by atoms with Crippen molar-refractivity contribution in [3.63, 3.8) is 0 Å². The first-order valence-corrected chi connectivity index (χ1v) is 9.68. The molecule has 3 aromatic rings. The van der Waals surface area contributed by atoms with E-state index in [4.69, 9.17) is 4.74 Å². The smallest absolute Gasteiger partial charge is 0.274 e. The minimum Gasteiger partial charge on any atom is -0.489 e. The molecule has 0 saturated carbocycles. The molecule has 1 fully saturated rings. The van der Waals surface area contributed by atoms with Gasteiger partial charge < -0.3 is 9.64 Å². The third-order valence-electron chi connectivity index (χ3n) is 5.10. The van der Waals surface area contributed by atoms with Gasteiger partial charge in [0.05, 0.1) is 6.20 Å². The molecule has 4 heteroatoms. The van der Waals surface area contributed by atoms with Gasteiger partial charge in [0.1, 0.15) is 45.1 Å². The second-order valence-electron chi connectivity index (χ2n) is 7.08. The van der Waals surface area contributed by atoms with Gasteiger partial charge in [-0.2, -0.15) is 0 Å². The molecule has 1 saturated heterocycles.